The number of aliphatic hydroxyl groups excluding tert-OH is 1. The standard InChI is InChI=1S/C13H18ClNO3S/c1-9-5-6-15(8-12(9)16)19(17,18)13-4-3-11(14)7-10(13)2/h3-4,7,9,12,16H,5-6,8H2,1-2H3. The highest BCUT2D eigenvalue weighted by molar-refractivity contribution is 7.89. The molecule has 2 rings (SSSR count). The number of nitrogens with zero attached hydrogens (tertiary/aromatic N) is 1. The van der Waals surface area contributed by atoms with Gasteiger partial charge in [-0.1, -0.05) is 18.5 Å². The average molecular weight is 304 g/mol. The first kappa shape index (κ1) is 14.8. The van der Waals surface area contributed by atoms with Crippen LogP contribution >= 0.6 is 11.6 Å². The van der Waals surface area contributed by atoms with Crippen LogP contribution in [-0.4, -0.2) is 37.0 Å². The van der Waals surface area contributed by atoms with Crippen molar-refractivity contribution in [3.63, 3.8) is 0 Å². The zero-order valence-electron chi connectivity index (χ0n) is 11.0. The molecule has 1 aliphatic rings. The Labute approximate surface area is 119 Å². The number of hydrogen-bond donors (Lipinski definition) is 1. The normalized spacial score (nSPS) is 25.5. The number of halogens is 1. The molecule has 0 bridgehead atoms. The summed E-state index contributed by atoms with van der Waals surface area (Å²) in [6, 6.07) is 4.74. The minimum absolute atomic E-state index is 0.137. The Kier molecular flexibility index (Phi) is 4.20. The molecule has 1 aliphatic heterocycles. The van der Waals surface area contributed by atoms with Crippen molar-refractivity contribution in [2.24, 2.45) is 5.92 Å². The third-order valence-electron chi connectivity index (χ3n) is 3.64. The summed E-state index contributed by atoms with van der Waals surface area (Å²) >= 11 is 5.85. The molecule has 1 aromatic carbocycles. The molecule has 0 aromatic heterocycles. The van der Waals surface area contributed by atoms with Gasteiger partial charge in [-0.15, -0.1) is 0 Å². The summed E-state index contributed by atoms with van der Waals surface area (Å²) in [6.07, 6.45) is 0.0728. The first-order valence-corrected chi connectivity index (χ1v) is 8.08. The number of sulfonamides is 1. The fourth-order valence-electron chi connectivity index (χ4n) is 2.28. The summed E-state index contributed by atoms with van der Waals surface area (Å²) in [5, 5.41) is 10.4. The summed E-state index contributed by atoms with van der Waals surface area (Å²) < 4.78 is 26.4. The quantitative estimate of drug-likeness (QED) is 0.909. The third-order valence-corrected chi connectivity index (χ3v) is 5.90. The van der Waals surface area contributed by atoms with E-state index in [2.05, 4.69) is 0 Å². The number of rotatable bonds is 2. The molecule has 6 heteroatoms. The molecule has 1 fully saturated rings. The van der Waals surface area contributed by atoms with Gasteiger partial charge in [-0.2, -0.15) is 4.31 Å². The molecule has 0 amide bonds. The van der Waals surface area contributed by atoms with Gasteiger partial charge in [0.2, 0.25) is 10.0 Å². The second-order valence-electron chi connectivity index (χ2n) is 5.11. The highest BCUT2D eigenvalue weighted by Gasteiger charge is 2.33. The van der Waals surface area contributed by atoms with Crippen LogP contribution in [0.25, 0.3) is 0 Å². The second kappa shape index (κ2) is 5.40. The summed E-state index contributed by atoms with van der Waals surface area (Å²) in [4.78, 5) is 0.263. The van der Waals surface area contributed by atoms with Crippen LogP contribution in [0.15, 0.2) is 23.1 Å². The van der Waals surface area contributed by atoms with Crippen molar-refractivity contribution in [2.45, 2.75) is 31.3 Å². The van der Waals surface area contributed by atoms with Gasteiger partial charge in [0.1, 0.15) is 0 Å². The zero-order chi connectivity index (χ0) is 14.2. The molecule has 1 heterocycles. The lowest BCUT2D eigenvalue weighted by molar-refractivity contribution is 0.0605. The topological polar surface area (TPSA) is 57.6 Å². The van der Waals surface area contributed by atoms with E-state index in [1.54, 1.807) is 19.1 Å². The van der Waals surface area contributed by atoms with E-state index in [0.29, 0.717) is 23.6 Å². The maximum absolute atomic E-state index is 12.5. The third kappa shape index (κ3) is 2.94. The van der Waals surface area contributed by atoms with E-state index in [1.165, 1.54) is 10.4 Å². The SMILES string of the molecule is Cc1cc(Cl)ccc1S(=O)(=O)N1CCC(C)C(O)C1. The smallest absolute Gasteiger partial charge is 0.243 e. The minimum Gasteiger partial charge on any atom is -0.391 e. The molecular formula is C13H18ClNO3S. The van der Waals surface area contributed by atoms with Gasteiger partial charge in [-0.3, -0.25) is 0 Å². The van der Waals surface area contributed by atoms with Crippen molar-refractivity contribution in [2.75, 3.05) is 13.1 Å². The molecule has 0 spiro atoms. The van der Waals surface area contributed by atoms with Crippen LogP contribution in [-0.2, 0) is 10.0 Å². The largest absolute Gasteiger partial charge is 0.391 e. The van der Waals surface area contributed by atoms with E-state index in [4.69, 9.17) is 11.6 Å². The Morgan fingerprint density at radius 1 is 1.42 bits per heavy atom. The molecule has 1 aromatic rings. The summed E-state index contributed by atoms with van der Waals surface area (Å²) in [7, 11) is -3.55. The fraction of sp³-hybridized carbons (Fsp3) is 0.538. The highest BCUT2D eigenvalue weighted by Crippen LogP contribution is 2.27. The van der Waals surface area contributed by atoms with Gasteiger partial charge in [0.05, 0.1) is 11.0 Å². The van der Waals surface area contributed by atoms with Crippen LogP contribution in [0.1, 0.15) is 18.9 Å². The highest BCUT2D eigenvalue weighted by atomic mass is 35.5. The van der Waals surface area contributed by atoms with Gasteiger partial charge in [0.15, 0.2) is 0 Å². The Hall–Kier alpha value is -0.620. The van der Waals surface area contributed by atoms with Crippen LogP contribution < -0.4 is 0 Å². The Morgan fingerprint density at radius 3 is 2.68 bits per heavy atom. The molecule has 19 heavy (non-hydrogen) atoms. The minimum atomic E-state index is -3.55. The Morgan fingerprint density at radius 2 is 2.11 bits per heavy atom. The Balaban J connectivity index is 2.32. The van der Waals surface area contributed by atoms with E-state index >= 15 is 0 Å². The van der Waals surface area contributed by atoms with E-state index in [-0.39, 0.29) is 17.4 Å². The van der Waals surface area contributed by atoms with Gasteiger partial charge < -0.3 is 5.11 Å². The van der Waals surface area contributed by atoms with Crippen molar-refractivity contribution in [1.82, 2.24) is 4.31 Å². The van der Waals surface area contributed by atoms with Crippen molar-refractivity contribution < 1.29 is 13.5 Å². The summed E-state index contributed by atoms with van der Waals surface area (Å²) in [6.45, 7) is 4.26. The number of benzene rings is 1. The first-order chi connectivity index (χ1) is 8.82. The van der Waals surface area contributed by atoms with Crippen molar-refractivity contribution in [3.05, 3.63) is 28.8 Å². The maximum Gasteiger partial charge on any atom is 0.243 e. The van der Waals surface area contributed by atoms with E-state index in [1.807, 2.05) is 6.92 Å². The molecule has 4 nitrogen and oxygen atoms in total. The molecule has 0 aliphatic carbocycles. The van der Waals surface area contributed by atoms with Gasteiger partial charge in [-0.05, 0) is 43.0 Å². The van der Waals surface area contributed by atoms with E-state index in [0.717, 1.165) is 0 Å². The number of aryl methyl sites for hydroxylation is 1. The van der Waals surface area contributed by atoms with Crippen molar-refractivity contribution >= 4 is 21.6 Å². The van der Waals surface area contributed by atoms with Crippen LogP contribution in [0.3, 0.4) is 0 Å². The summed E-state index contributed by atoms with van der Waals surface area (Å²) in [5.41, 5.74) is 0.626. The lowest BCUT2D eigenvalue weighted by Gasteiger charge is -2.33. The number of hydrogen-bond acceptors (Lipinski definition) is 3. The predicted molar refractivity (Wildman–Crippen MR) is 74.7 cm³/mol. The van der Waals surface area contributed by atoms with Crippen molar-refractivity contribution in [1.29, 1.82) is 0 Å². The lowest BCUT2D eigenvalue weighted by atomic mass is 9.98. The maximum atomic E-state index is 12.5. The Bertz CT molecular complexity index is 573. The average Bonchev–Trinajstić information content (AvgIpc) is 2.32. The fourth-order valence-corrected chi connectivity index (χ4v) is 4.18. The first-order valence-electron chi connectivity index (χ1n) is 6.26. The molecule has 2 atom stereocenters. The molecule has 1 saturated heterocycles. The lowest BCUT2D eigenvalue weighted by Crippen LogP contribution is -2.45. The van der Waals surface area contributed by atoms with E-state index < -0.39 is 16.1 Å². The number of aliphatic hydroxyl groups is 1. The molecule has 0 saturated carbocycles. The van der Waals surface area contributed by atoms with Crippen molar-refractivity contribution in [3.8, 4) is 0 Å². The zero-order valence-corrected chi connectivity index (χ0v) is 12.6. The monoisotopic (exact) mass is 303 g/mol. The number of piperidine rings is 1. The van der Waals surface area contributed by atoms with Gasteiger partial charge in [0.25, 0.3) is 0 Å². The predicted octanol–water partition coefficient (Wildman–Crippen LogP) is 2.04. The van der Waals surface area contributed by atoms with Gasteiger partial charge in [-0.25, -0.2) is 8.42 Å². The van der Waals surface area contributed by atoms with Crippen LogP contribution in [0.2, 0.25) is 5.02 Å². The van der Waals surface area contributed by atoms with Crippen LogP contribution in [0.5, 0.6) is 0 Å². The summed E-state index contributed by atoms with van der Waals surface area (Å²) in [5.74, 6) is 0.137. The molecule has 1 N–H and O–H groups in total. The van der Waals surface area contributed by atoms with Crippen LogP contribution in [0.4, 0.5) is 0 Å². The van der Waals surface area contributed by atoms with E-state index in [9.17, 15) is 13.5 Å². The second-order valence-corrected chi connectivity index (χ2v) is 7.45. The van der Waals surface area contributed by atoms with Crippen LogP contribution in [0, 0.1) is 12.8 Å². The molecule has 2 unspecified atom stereocenters. The van der Waals surface area contributed by atoms with Gasteiger partial charge >= 0.3 is 0 Å². The van der Waals surface area contributed by atoms with Gasteiger partial charge in [0, 0.05) is 18.1 Å². The molecular weight excluding hydrogens is 286 g/mol. The molecule has 0 radical (unpaired) electrons. The molecule has 106 valence electrons. The number of β-amino-alcohol motifs (C(OH)–C–C–N with tert-alkyl or cyclic N) is 1.